The number of nitrogens with one attached hydrogen (secondary N) is 1. The molecule has 0 aliphatic carbocycles. The van der Waals surface area contributed by atoms with Gasteiger partial charge in [0.25, 0.3) is 0 Å². The number of carbonyl (C=O) groups excluding carboxylic acids is 1. The van der Waals surface area contributed by atoms with Crippen molar-refractivity contribution in [3.05, 3.63) is 78.4 Å². The van der Waals surface area contributed by atoms with E-state index in [1.807, 2.05) is 23.6 Å². The summed E-state index contributed by atoms with van der Waals surface area (Å²) < 4.78 is 21.0. The largest absolute Gasteiger partial charge is 0.483 e. The highest BCUT2D eigenvalue weighted by molar-refractivity contribution is 7.99. The van der Waals surface area contributed by atoms with Crippen LogP contribution in [-0.4, -0.2) is 26.4 Å². The Balaban J connectivity index is 1.66. The van der Waals surface area contributed by atoms with E-state index in [9.17, 15) is 9.18 Å². The number of carbonyl (C=O) groups is 1. The molecule has 1 heterocycles. The Kier molecular flexibility index (Phi) is 7.92. The van der Waals surface area contributed by atoms with E-state index in [-0.39, 0.29) is 29.0 Å². The molecule has 0 saturated carbocycles. The first kappa shape index (κ1) is 24.5. The van der Waals surface area contributed by atoms with Gasteiger partial charge >= 0.3 is 0 Å². The third kappa shape index (κ3) is 6.68. The topological polar surface area (TPSA) is 69.0 Å². The Morgan fingerprint density at radius 2 is 1.85 bits per heavy atom. The van der Waals surface area contributed by atoms with Crippen molar-refractivity contribution in [2.24, 2.45) is 0 Å². The maximum absolute atomic E-state index is 13.0. The van der Waals surface area contributed by atoms with Gasteiger partial charge in [-0.3, -0.25) is 9.36 Å². The highest BCUT2D eigenvalue weighted by Gasteiger charge is 2.20. The molecule has 1 aromatic heterocycles. The highest BCUT2D eigenvalue weighted by atomic mass is 32.2. The first-order valence-corrected chi connectivity index (χ1v) is 11.7. The van der Waals surface area contributed by atoms with Crippen LogP contribution in [0.2, 0.25) is 0 Å². The Bertz CT molecular complexity index is 1090. The molecular weight excluding hydrogens is 439 g/mol. The van der Waals surface area contributed by atoms with Crippen molar-refractivity contribution in [1.82, 2.24) is 14.8 Å². The third-order valence-corrected chi connectivity index (χ3v) is 5.88. The molecular formula is C25H29FN4O2S. The van der Waals surface area contributed by atoms with E-state index in [0.717, 1.165) is 5.75 Å². The van der Waals surface area contributed by atoms with Crippen molar-refractivity contribution in [2.45, 2.75) is 50.9 Å². The molecule has 8 heteroatoms. The lowest BCUT2D eigenvalue weighted by Crippen LogP contribution is -2.15. The lowest BCUT2D eigenvalue weighted by Gasteiger charge is -2.20. The standard InChI is InChI=1S/C25H29FN4O2S/c1-6-15-30-23(17(2)32-21-13-7-18(8-14-21)25(3,4)5)28-29-24(30)33-16-22(31)27-20-11-9-19(26)10-12-20/h6-14,17H,1,15-16H2,2-5H3,(H,27,31). The number of thioether (sulfide) groups is 1. The smallest absolute Gasteiger partial charge is 0.234 e. The van der Waals surface area contributed by atoms with Gasteiger partial charge in [0.1, 0.15) is 11.6 Å². The van der Waals surface area contributed by atoms with Crippen LogP contribution in [0.1, 0.15) is 45.2 Å². The van der Waals surface area contributed by atoms with Crippen LogP contribution in [0, 0.1) is 5.82 Å². The molecule has 33 heavy (non-hydrogen) atoms. The van der Waals surface area contributed by atoms with Crippen LogP contribution in [0.3, 0.4) is 0 Å². The number of hydrogen-bond donors (Lipinski definition) is 1. The van der Waals surface area contributed by atoms with E-state index in [0.29, 0.717) is 23.2 Å². The van der Waals surface area contributed by atoms with Gasteiger partial charge in [0.15, 0.2) is 17.1 Å². The summed E-state index contributed by atoms with van der Waals surface area (Å²) in [4.78, 5) is 12.3. The second-order valence-electron chi connectivity index (χ2n) is 8.62. The number of nitrogens with zero attached hydrogens (tertiary/aromatic N) is 3. The molecule has 0 spiro atoms. The van der Waals surface area contributed by atoms with Gasteiger partial charge in [-0.25, -0.2) is 4.39 Å². The minimum absolute atomic E-state index is 0.0728. The minimum atomic E-state index is -0.353. The molecule has 3 aromatic rings. The Morgan fingerprint density at radius 1 is 1.18 bits per heavy atom. The molecule has 174 valence electrons. The average molecular weight is 469 g/mol. The number of amides is 1. The van der Waals surface area contributed by atoms with Crippen molar-refractivity contribution < 1.29 is 13.9 Å². The molecule has 1 atom stereocenters. The van der Waals surface area contributed by atoms with E-state index >= 15 is 0 Å². The summed E-state index contributed by atoms with van der Waals surface area (Å²) in [6.45, 7) is 12.7. The number of ether oxygens (including phenoxy) is 1. The maximum Gasteiger partial charge on any atom is 0.234 e. The SMILES string of the molecule is C=CCn1c(SCC(=O)Nc2ccc(F)cc2)nnc1C(C)Oc1ccc(C(C)(C)C)cc1. The quantitative estimate of drug-likeness (QED) is 0.319. The third-order valence-electron chi connectivity index (χ3n) is 4.91. The van der Waals surface area contributed by atoms with E-state index in [2.05, 4.69) is 55.0 Å². The molecule has 6 nitrogen and oxygen atoms in total. The molecule has 1 N–H and O–H groups in total. The zero-order valence-electron chi connectivity index (χ0n) is 19.3. The van der Waals surface area contributed by atoms with Crippen LogP contribution in [0.4, 0.5) is 10.1 Å². The minimum Gasteiger partial charge on any atom is -0.483 e. The van der Waals surface area contributed by atoms with Crippen LogP contribution in [-0.2, 0) is 16.8 Å². The fraction of sp³-hybridized carbons (Fsp3) is 0.320. The van der Waals surface area contributed by atoms with Crippen LogP contribution < -0.4 is 10.1 Å². The van der Waals surface area contributed by atoms with E-state index in [1.54, 1.807) is 6.08 Å². The molecule has 3 rings (SSSR count). The second kappa shape index (κ2) is 10.7. The molecule has 0 fully saturated rings. The summed E-state index contributed by atoms with van der Waals surface area (Å²) in [6, 6.07) is 13.7. The summed E-state index contributed by atoms with van der Waals surface area (Å²) in [7, 11) is 0. The Morgan fingerprint density at radius 3 is 2.45 bits per heavy atom. The molecule has 0 saturated heterocycles. The zero-order chi connectivity index (χ0) is 24.0. The van der Waals surface area contributed by atoms with Crippen LogP contribution in [0.5, 0.6) is 5.75 Å². The summed E-state index contributed by atoms with van der Waals surface area (Å²) in [5.41, 5.74) is 1.84. The first-order chi connectivity index (χ1) is 15.7. The molecule has 1 amide bonds. The van der Waals surface area contributed by atoms with Crippen molar-refractivity contribution in [3.63, 3.8) is 0 Å². The number of rotatable bonds is 9. The van der Waals surface area contributed by atoms with Crippen molar-refractivity contribution in [2.75, 3.05) is 11.1 Å². The molecule has 0 aliphatic rings. The summed E-state index contributed by atoms with van der Waals surface area (Å²) >= 11 is 1.27. The normalized spacial score (nSPS) is 12.3. The van der Waals surface area contributed by atoms with Crippen LogP contribution in [0.15, 0.2) is 66.3 Å². The fourth-order valence-electron chi connectivity index (χ4n) is 3.16. The summed E-state index contributed by atoms with van der Waals surface area (Å²) in [5, 5.41) is 11.9. The summed E-state index contributed by atoms with van der Waals surface area (Å²) in [5.74, 6) is 0.960. The number of hydrogen-bond acceptors (Lipinski definition) is 5. The van der Waals surface area contributed by atoms with E-state index < -0.39 is 0 Å². The van der Waals surface area contributed by atoms with Gasteiger partial charge in [0.2, 0.25) is 5.91 Å². The number of allylic oxidation sites excluding steroid dienone is 1. The zero-order valence-corrected chi connectivity index (χ0v) is 20.2. The van der Waals surface area contributed by atoms with Crippen LogP contribution >= 0.6 is 11.8 Å². The predicted molar refractivity (Wildman–Crippen MR) is 130 cm³/mol. The molecule has 1 unspecified atom stereocenters. The Hall–Kier alpha value is -3.13. The van der Waals surface area contributed by atoms with Gasteiger partial charge in [-0.15, -0.1) is 16.8 Å². The highest BCUT2D eigenvalue weighted by Crippen LogP contribution is 2.28. The van der Waals surface area contributed by atoms with Gasteiger partial charge in [-0.2, -0.15) is 0 Å². The van der Waals surface area contributed by atoms with Gasteiger partial charge in [0.05, 0.1) is 5.75 Å². The first-order valence-electron chi connectivity index (χ1n) is 10.7. The number of benzene rings is 2. The van der Waals surface area contributed by atoms with E-state index in [1.165, 1.54) is 41.6 Å². The van der Waals surface area contributed by atoms with E-state index in [4.69, 9.17) is 4.74 Å². The second-order valence-corrected chi connectivity index (χ2v) is 9.56. The lowest BCUT2D eigenvalue weighted by atomic mass is 9.87. The molecule has 0 aliphatic heterocycles. The van der Waals surface area contributed by atoms with Gasteiger partial charge in [0, 0.05) is 12.2 Å². The van der Waals surface area contributed by atoms with Crippen molar-refractivity contribution in [3.8, 4) is 5.75 Å². The number of halogens is 1. The fourth-order valence-corrected chi connectivity index (χ4v) is 3.91. The monoisotopic (exact) mass is 468 g/mol. The molecule has 0 bridgehead atoms. The molecule has 0 radical (unpaired) electrons. The van der Waals surface area contributed by atoms with Crippen molar-refractivity contribution in [1.29, 1.82) is 0 Å². The van der Waals surface area contributed by atoms with Gasteiger partial charge < -0.3 is 10.1 Å². The lowest BCUT2D eigenvalue weighted by molar-refractivity contribution is -0.113. The summed E-state index contributed by atoms with van der Waals surface area (Å²) in [6.07, 6.45) is 1.40. The van der Waals surface area contributed by atoms with Crippen LogP contribution in [0.25, 0.3) is 0 Å². The Labute approximate surface area is 198 Å². The number of aromatic nitrogens is 3. The number of anilines is 1. The maximum atomic E-state index is 13.0. The average Bonchev–Trinajstić information content (AvgIpc) is 3.17. The van der Waals surface area contributed by atoms with Gasteiger partial charge in [-0.1, -0.05) is 50.7 Å². The predicted octanol–water partition coefficient (Wildman–Crippen LogP) is 5.77. The van der Waals surface area contributed by atoms with Crippen molar-refractivity contribution >= 4 is 23.4 Å². The van der Waals surface area contributed by atoms with Gasteiger partial charge in [-0.05, 0) is 54.3 Å². The molecule has 2 aromatic carbocycles.